The van der Waals surface area contributed by atoms with Gasteiger partial charge in [0.15, 0.2) is 11.6 Å². The Balaban J connectivity index is 3.06. The molecule has 0 radical (unpaired) electrons. The van der Waals surface area contributed by atoms with E-state index >= 15 is 0 Å². The van der Waals surface area contributed by atoms with E-state index in [1.807, 2.05) is 0 Å². The van der Waals surface area contributed by atoms with Crippen LogP contribution in [0.3, 0.4) is 0 Å². The molecule has 72 valence electrons. The molecule has 0 N–H and O–H groups in total. The van der Waals surface area contributed by atoms with Gasteiger partial charge in [-0.15, -0.1) is 0 Å². The van der Waals surface area contributed by atoms with Crippen molar-refractivity contribution in [3.8, 4) is 5.75 Å². The highest BCUT2D eigenvalue weighted by atomic mass is 79.9. The van der Waals surface area contributed by atoms with Crippen LogP contribution in [0.25, 0.3) is 0 Å². The summed E-state index contributed by atoms with van der Waals surface area (Å²) in [6.45, 7) is 3.55. The maximum atomic E-state index is 13.1. The van der Waals surface area contributed by atoms with Gasteiger partial charge in [-0.25, -0.2) is 8.78 Å². The van der Waals surface area contributed by atoms with Crippen molar-refractivity contribution < 1.29 is 13.5 Å². The summed E-state index contributed by atoms with van der Waals surface area (Å²) in [6, 6.07) is 1.96. The molecule has 13 heavy (non-hydrogen) atoms. The topological polar surface area (TPSA) is 9.23 Å². The molecule has 0 amide bonds. The molecule has 1 rings (SSSR count). The fourth-order valence-electron chi connectivity index (χ4n) is 0.877. The van der Waals surface area contributed by atoms with Crippen LogP contribution in [0.15, 0.2) is 16.6 Å². The zero-order valence-electron chi connectivity index (χ0n) is 7.27. The molecule has 0 heterocycles. The van der Waals surface area contributed by atoms with E-state index in [1.54, 1.807) is 13.8 Å². The van der Waals surface area contributed by atoms with Crippen molar-refractivity contribution in [3.05, 3.63) is 28.2 Å². The van der Waals surface area contributed by atoms with Crippen molar-refractivity contribution in [2.24, 2.45) is 0 Å². The minimum atomic E-state index is -0.694. The van der Waals surface area contributed by atoms with Crippen LogP contribution >= 0.6 is 15.9 Å². The number of ether oxygens (including phenoxy) is 1. The zero-order chi connectivity index (χ0) is 10.0. The van der Waals surface area contributed by atoms with Gasteiger partial charge in [-0.1, -0.05) is 0 Å². The summed E-state index contributed by atoms with van der Waals surface area (Å²) >= 11 is 3.02. The number of halogens is 3. The molecule has 0 unspecified atom stereocenters. The van der Waals surface area contributed by atoms with Crippen LogP contribution in [0.5, 0.6) is 5.75 Å². The van der Waals surface area contributed by atoms with Crippen LogP contribution < -0.4 is 4.74 Å². The normalized spacial score (nSPS) is 10.6. The maximum absolute atomic E-state index is 13.1. The molecule has 1 nitrogen and oxygen atoms in total. The smallest absolute Gasteiger partial charge is 0.169 e. The molecule has 0 aliphatic heterocycles. The molecule has 0 aromatic heterocycles. The second kappa shape index (κ2) is 4.05. The summed E-state index contributed by atoms with van der Waals surface area (Å²) in [4.78, 5) is 0. The summed E-state index contributed by atoms with van der Waals surface area (Å²) in [6.07, 6.45) is -0.142. The van der Waals surface area contributed by atoms with Crippen molar-refractivity contribution in [2.75, 3.05) is 0 Å². The van der Waals surface area contributed by atoms with Gasteiger partial charge in [0.1, 0.15) is 5.82 Å². The van der Waals surface area contributed by atoms with E-state index in [1.165, 1.54) is 6.07 Å². The van der Waals surface area contributed by atoms with Crippen LogP contribution in [0.1, 0.15) is 13.8 Å². The van der Waals surface area contributed by atoms with E-state index in [9.17, 15) is 8.78 Å². The maximum Gasteiger partial charge on any atom is 0.169 e. The predicted octanol–water partition coefficient (Wildman–Crippen LogP) is 3.51. The van der Waals surface area contributed by atoms with E-state index in [2.05, 4.69) is 15.9 Å². The lowest BCUT2D eigenvalue weighted by atomic mass is 10.3. The number of hydrogen-bond donors (Lipinski definition) is 0. The summed E-state index contributed by atoms with van der Waals surface area (Å²) < 4.78 is 31.1. The Bertz CT molecular complexity index is 289. The van der Waals surface area contributed by atoms with Gasteiger partial charge in [0.05, 0.1) is 10.6 Å². The first kappa shape index (κ1) is 10.4. The lowest BCUT2D eigenvalue weighted by Crippen LogP contribution is -2.07. The van der Waals surface area contributed by atoms with Crippen molar-refractivity contribution >= 4 is 15.9 Å². The lowest BCUT2D eigenvalue weighted by Gasteiger charge is -2.11. The Morgan fingerprint density at radius 3 is 2.38 bits per heavy atom. The minimum Gasteiger partial charge on any atom is -0.487 e. The molecule has 0 spiro atoms. The second-order valence-electron chi connectivity index (χ2n) is 2.87. The SMILES string of the molecule is CC(C)Oc1c(F)cc(F)cc1Br. The fourth-order valence-corrected chi connectivity index (χ4v) is 1.38. The first-order valence-corrected chi connectivity index (χ1v) is 4.61. The van der Waals surface area contributed by atoms with Gasteiger partial charge in [0.25, 0.3) is 0 Å². The molecule has 0 aliphatic rings. The van der Waals surface area contributed by atoms with E-state index in [4.69, 9.17) is 4.74 Å². The second-order valence-corrected chi connectivity index (χ2v) is 3.72. The Morgan fingerprint density at radius 1 is 1.31 bits per heavy atom. The third-order valence-electron chi connectivity index (χ3n) is 1.32. The van der Waals surface area contributed by atoms with Gasteiger partial charge in [-0.2, -0.15) is 0 Å². The predicted molar refractivity (Wildman–Crippen MR) is 49.8 cm³/mol. The van der Waals surface area contributed by atoms with E-state index < -0.39 is 11.6 Å². The Morgan fingerprint density at radius 2 is 1.92 bits per heavy atom. The lowest BCUT2D eigenvalue weighted by molar-refractivity contribution is 0.229. The van der Waals surface area contributed by atoms with Gasteiger partial charge in [0, 0.05) is 6.07 Å². The van der Waals surface area contributed by atoms with Crippen molar-refractivity contribution in [1.29, 1.82) is 0 Å². The first-order valence-electron chi connectivity index (χ1n) is 3.82. The number of benzene rings is 1. The van der Waals surface area contributed by atoms with Crippen molar-refractivity contribution in [3.63, 3.8) is 0 Å². The Kier molecular flexibility index (Phi) is 3.25. The zero-order valence-corrected chi connectivity index (χ0v) is 8.86. The van der Waals surface area contributed by atoms with Crippen LogP contribution in [-0.2, 0) is 0 Å². The molecule has 0 bridgehead atoms. The summed E-state index contributed by atoms with van der Waals surface area (Å²) in [5.41, 5.74) is 0. The quantitative estimate of drug-likeness (QED) is 0.781. The first-order chi connectivity index (χ1) is 6.00. The van der Waals surface area contributed by atoms with Gasteiger partial charge >= 0.3 is 0 Å². The average molecular weight is 251 g/mol. The largest absolute Gasteiger partial charge is 0.487 e. The van der Waals surface area contributed by atoms with Crippen LogP contribution in [0.4, 0.5) is 8.78 Å². The van der Waals surface area contributed by atoms with Gasteiger partial charge in [-0.05, 0) is 35.8 Å². The molecule has 4 heteroatoms. The third-order valence-corrected chi connectivity index (χ3v) is 1.91. The molecule has 0 fully saturated rings. The fraction of sp³-hybridized carbons (Fsp3) is 0.333. The molecular weight excluding hydrogens is 242 g/mol. The van der Waals surface area contributed by atoms with E-state index in [0.29, 0.717) is 4.47 Å². The molecule has 1 aromatic rings. The average Bonchev–Trinajstić information content (AvgIpc) is 1.96. The van der Waals surface area contributed by atoms with Crippen molar-refractivity contribution in [1.82, 2.24) is 0 Å². The Labute approximate surface area is 83.8 Å². The molecule has 1 aromatic carbocycles. The standard InChI is InChI=1S/C9H9BrF2O/c1-5(2)13-9-7(10)3-6(11)4-8(9)12/h3-5H,1-2H3. The third kappa shape index (κ3) is 2.66. The van der Waals surface area contributed by atoms with Crippen LogP contribution in [0, 0.1) is 11.6 Å². The summed E-state index contributed by atoms with van der Waals surface area (Å²) in [5, 5.41) is 0. The number of rotatable bonds is 2. The van der Waals surface area contributed by atoms with E-state index in [0.717, 1.165) is 6.07 Å². The minimum absolute atomic E-state index is 0.0522. The highest BCUT2D eigenvalue weighted by molar-refractivity contribution is 9.10. The molecule has 0 aliphatic carbocycles. The van der Waals surface area contributed by atoms with E-state index in [-0.39, 0.29) is 11.9 Å². The van der Waals surface area contributed by atoms with Gasteiger partial charge in [-0.3, -0.25) is 0 Å². The van der Waals surface area contributed by atoms with Crippen molar-refractivity contribution in [2.45, 2.75) is 20.0 Å². The molecule has 0 atom stereocenters. The van der Waals surface area contributed by atoms with Gasteiger partial charge in [0.2, 0.25) is 0 Å². The molecular formula is C9H9BrF2O. The molecule has 0 saturated carbocycles. The highest BCUT2D eigenvalue weighted by Gasteiger charge is 2.11. The molecule has 0 saturated heterocycles. The number of hydrogen-bond acceptors (Lipinski definition) is 1. The Hall–Kier alpha value is -0.640. The van der Waals surface area contributed by atoms with Gasteiger partial charge < -0.3 is 4.74 Å². The monoisotopic (exact) mass is 250 g/mol. The highest BCUT2D eigenvalue weighted by Crippen LogP contribution is 2.29. The summed E-state index contributed by atoms with van der Waals surface area (Å²) in [5.74, 6) is -1.27. The summed E-state index contributed by atoms with van der Waals surface area (Å²) in [7, 11) is 0. The van der Waals surface area contributed by atoms with Crippen LogP contribution in [0.2, 0.25) is 0 Å². The van der Waals surface area contributed by atoms with Crippen LogP contribution in [-0.4, -0.2) is 6.10 Å².